The van der Waals surface area contributed by atoms with Gasteiger partial charge in [-0.1, -0.05) is 6.92 Å². The fourth-order valence-electron chi connectivity index (χ4n) is 1.41. The summed E-state index contributed by atoms with van der Waals surface area (Å²) in [5.74, 6) is -0.540. The van der Waals surface area contributed by atoms with Crippen LogP contribution in [0.25, 0.3) is 0 Å². The van der Waals surface area contributed by atoms with Crippen LogP contribution in [-0.4, -0.2) is 25.6 Å². The normalized spacial score (nSPS) is 9.74. The molecule has 0 saturated carbocycles. The van der Waals surface area contributed by atoms with Crippen molar-refractivity contribution in [2.45, 2.75) is 13.5 Å². The van der Waals surface area contributed by atoms with E-state index in [0.29, 0.717) is 12.3 Å². The fourth-order valence-corrected chi connectivity index (χ4v) is 1.41. The number of rotatable bonds is 7. The first-order chi connectivity index (χ1) is 9.15. The highest BCUT2D eigenvalue weighted by molar-refractivity contribution is 5.77. The van der Waals surface area contributed by atoms with Crippen molar-refractivity contribution in [3.05, 3.63) is 29.6 Å². The molecule has 0 aliphatic carbocycles. The van der Waals surface area contributed by atoms with Crippen LogP contribution in [0.1, 0.15) is 12.5 Å². The maximum atomic E-state index is 13.3. The lowest BCUT2D eigenvalue weighted by atomic mass is 10.2. The van der Waals surface area contributed by atoms with Crippen molar-refractivity contribution in [2.75, 3.05) is 19.7 Å². The third kappa shape index (κ3) is 5.84. The minimum Gasteiger partial charge on any atom is -0.484 e. The van der Waals surface area contributed by atoms with E-state index in [2.05, 4.69) is 10.6 Å². The Bertz CT molecular complexity index is 471. The monoisotopic (exact) mass is 265 g/mol. The fraction of sp³-hybridized carbons (Fsp3) is 0.385. The molecule has 1 aromatic carbocycles. The molecule has 0 atom stereocenters. The van der Waals surface area contributed by atoms with Gasteiger partial charge in [0.25, 0.3) is 5.91 Å². The number of amides is 1. The zero-order valence-electron chi connectivity index (χ0n) is 10.7. The maximum Gasteiger partial charge on any atom is 0.258 e. The van der Waals surface area contributed by atoms with Gasteiger partial charge in [0.05, 0.1) is 6.07 Å². The molecule has 0 aliphatic heterocycles. The van der Waals surface area contributed by atoms with Crippen molar-refractivity contribution in [1.82, 2.24) is 10.6 Å². The number of halogens is 1. The highest BCUT2D eigenvalue weighted by Crippen LogP contribution is 2.16. The number of hydrogen-bond acceptors (Lipinski definition) is 4. The van der Waals surface area contributed by atoms with Gasteiger partial charge in [-0.2, -0.15) is 5.26 Å². The average molecular weight is 265 g/mol. The van der Waals surface area contributed by atoms with Crippen LogP contribution >= 0.6 is 0 Å². The Morgan fingerprint density at radius 3 is 2.95 bits per heavy atom. The van der Waals surface area contributed by atoms with Crippen LogP contribution < -0.4 is 15.4 Å². The summed E-state index contributed by atoms with van der Waals surface area (Å²) in [7, 11) is 0. The summed E-state index contributed by atoms with van der Waals surface area (Å²) in [6, 6.07) is 6.08. The van der Waals surface area contributed by atoms with Gasteiger partial charge < -0.3 is 15.4 Å². The molecule has 0 aromatic heterocycles. The molecule has 0 radical (unpaired) electrons. The van der Waals surface area contributed by atoms with E-state index in [4.69, 9.17) is 10.00 Å². The summed E-state index contributed by atoms with van der Waals surface area (Å²) in [5.41, 5.74) is 0.745. The quantitative estimate of drug-likeness (QED) is 0.720. The Morgan fingerprint density at radius 1 is 1.47 bits per heavy atom. The van der Waals surface area contributed by atoms with E-state index in [1.807, 2.05) is 6.92 Å². The number of carbonyl (C=O) groups is 1. The number of ether oxygens (including phenoxy) is 1. The van der Waals surface area contributed by atoms with Crippen LogP contribution in [0.5, 0.6) is 5.75 Å². The molecular weight excluding hydrogens is 249 g/mol. The first-order valence-electron chi connectivity index (χ1n) is 5.92. The summed E-state index contributed by atoms with van der Waals surface area (Å²) in [6.07, 6.45) is 0. The van der Waals surface area contributed by atoms with Gasteiger partial charge in [-0.25, -0.2) is 4.39 Å². The van der Waals surface area contributed by atoms with Crippen LogP contribution in [0.2, 0.25) is 0 Å². The average Bonchev–Trinajstić information content (AvgIpc) is 2.40. The number of hydrogen-bond donors (Lipinski definition) is 2. The second-order valence-electron chi connectivity index (χ2n) is 3.80. The molecule has 6 heteroatoms. The Morgan fingerprint density at radius 2 is 2.26 bits per heavy atom. The van der Waals surface area contributed by atoms with E-state index in [0.717, 1.165) is 12.1 Å². The predicted molar refractivity (Wildman–Crippen MR) is 67.9 cm³/mol. The lowest BCUT2D eigenvalue weighted by molar-refractivity contribution is -0.122. The van der Waals surface area contributed by atoms with Crippen LogP contribution in [0.4, 0.5) is 4.39 Å². The predicted octanol–water partition coefficient (Wildman–Crippen LogP) is 0.954. The lowest BCUT2D eigenvalue weighted by Crippen LogP contribution is -2.29. The number of benzene rings is 1. The zero-order valence-corrected chi connectivity index (χ0v) is 10.7. The van der Waals surface area contributed by atoms with Crippen molar-refractivity contribution >= 4 is 5.91 Å². The first-order valence-corrected chi connectivity index (χ1v) is 5.92. The molecule has 0 aliphatic rings. The van der Waals surface area contributed by atoms with E-state index >= 15 is 0 Å². The van der Waals surface area contributed by atoms with Gasteiger partial charge in [0.15, 0.2) is 6.61 Å². The largest absolute Gasteiger partial charge is 0.484 e. The number of nitrogens with one attached hydrogen (secondary N) is 2. The third-order valence-corrected chi connectivity index (χ3v) is 2.24. The zero-order chi connectivity index (χ0) is 14.1. The summed E-state index contributed by atoms with van der Waals surface area (Å²) >= 11 is 0. The minimum atomic E-state index is -0.418. The molecule has 0 fully saturated rings. The lowest BCUT2D eigenvalue weighted by Gasteiger charge is -2.08. The molecule has 0 unspecified atom stereocenters. The Hall–Kier alpha value is -2.13. The van der Waals surface area contributed by atoms with Gasteiger partial charge in [0.2, 0.25) is 0 Å². The molecule has 0 saturated heterocycles. The van der Waals surface area contributed by atoms with E-state index in [1.54, 1.807) is 12.1 Å². The molecule has 0 spiro atoms. The molecule has 5 nitrogen and oxygen atoms in total. The molecular formula is C13H16FN3O2. The molecule has 19 heavy (non-hydrogen) atoms. The second-order valence-corrected chi connectivity index (χ2v) is 3.80. The van der Waals surface area contributed by atoms with Crippen molar-refractivity contribution in [2.24, 2.45) is 0 Å². The Kier molecular flexibility index (Phi) is 6.33. The number of nitrogens with zero attached hydrogens (tertiary/aromatic N) is 1. The third-order valence-electron chi connectivity index (χ3n) is 2.24. The summed E-state index contributed by atoms with van der Waals surface area (Å²) in [5, 5.41) is 13.7. The van der Waals surface area contributed by atoms with Gasteiger partial charge in [-0.3, -0.25) is 4.79 Å². The highest BCUT2D eigenvalue weighted by atomic mass is 19.1. The van der Waals surface area contributed by atoms with Gasteiger partial charge in [-0.05, 0) is 24.2 Å². The van der Waals surface area contributed by atoms with Crippen molar-refractivity contribution in [3.63, 3.8) is 0 Å². The SMILES string of the molecule is CCNCc1cc(F)cc(OCC(=O)NCC#N)c1. The Labute approximate surface area is 111 Å². The van der Waals surface area contributed by atoms with Crippen LogP contribution in [-0.2, 0) is 11.3 Å². The van der Waals surface area contributed by atoms with Crippen molar-refractivity contribution < 1.29 is 13.9 Å². The topological polar surface area (TPSA) is 74.2 Å². The molecule has 1 aromatic rings. The van der Waals surface area contributed by atoms with Gasteiger partial charge in [-0.15, -0.1) is 0 Å². The molecule has 2 N–H and O–H groups in total. The Balaban J connectivity index is 2.55. The van der Waals surface area contributed by atoms with Gasteiger partial charge in [0, 0.05) is 12.6 Å². The van der Waals surface area contributed by atoms with Gasteiger partial charge >= 0.3 is 0 Å². The number of carbonyl (C=O) groups excluding carboxylic acids is 1. The van der Waals surface area contributed by atoms with E-state index < -0.39 is 11.7 Å². The van der Waals surface area contributed by atoms with Crippen molar-refractivity contribution in [1.29, 1.82) is 5.26 Å². The summed E-state index contributed by atoms with van der Waals surface area (Å²) in [6.45, 7) is 2.95. The minimum absolute atomic E-state index is 0.0724. The van der Waals surface area contributed by atoms with E-state index in [9.17, 15) is 9.18 Å². The standard InChI is InChI=1S/C13H16FN3O2/c1-2-16-8-10-5-11(14)7-12(6-10)19-9-13(18)17-4-3-15/h5-7,16H,2,4,8-9H2,1H3,(H,17,18). The summed E-state index contributed by atoms with van der Waals surface area (Å²) < 4.78 is 18.5. The molecule has 0 heterocycles. The highest BCUT2D eigenvalue weighted by Gasteiger charge is 2.05. The van der Waals surface area contributed by atoms with Crippen LogP contribution in [0.3, 0.4) is 0 Å². The number of nitriles is 1. The van der Waals surface area contributed by atoms with E-state index in [1.165, 1.54) is 12.1 Å². The molecule has 102 valence electrons. The van der Waals surface area contributed by atoms with E-state index in [-0.39, 0.29) is 13.2 Å². The van der Waals surface area contributed by atoms with Crippen molar-refractivity contribution in [3.8, 4) is 11.8 Å². The second kappa shape index (κ2) is 8.06. The molecule has 1 rings (SSSR count). The molecule has 1 amide bonds. The van der Waals surface area contributed by atoms with Gasteiger partial charge in [0.1, 0.15) is 18.1 Å². The maximum absolute atomic E-state index is 13.3. The first kappa shape index (κ1) is 14.9. The van der Waals surface area contributed by atoms with Crippen LogP contribution in [0.15, 0.2) is 18.2 Å². The summed E-state index contributed by atoms with van der Waals surface area (Å²) in [4.78, 5) is 11.2. The smallest absolute Gasteiger partial charge is 0.258 e. The van der Waals surface area contributed by atoms with Crippen LogP contribution in [0, 0.1) is 17.1 Å². The molecule has 0 bridgehead atoms.